The zero-order chi connectivity index (χ0) is 11.8. The van der Waals surface area contributed by atoms with Crippen molar-refractivity contribution < 1.29 is 4.79 Å². The number of piperidine rings is 1. The zero-order valence-corrected chi connectivity index (χ0v) is 10.0. The van der Waals surface area contributed by atoms with E-state index < -0.39 is 0 Å². The van der Waals surface area contributed by atoms with Crippen LogP contribution in [0.4, 0.5) is 0 Å². The molecule has 92 valence electrons. The molecule has 2 aliphatic rings. The summed E-state index contributed by atoms with van der Waals surface area (Å²) in [5.41, 5.74) is 0. The van der Waals surface area contributed by atoms with Crippen LogP contribution in [0.5, 0.6) is 0 Å². The molecule has 2 fully saturated rings. The zero-order valence-electron chi connectivity index (χ0n) is 10.0. The fourth-order valence-electron chi connectivity index (χ4n) is 3.01. The number of nitrogens with zero attached hydrogens (tertiary/aromatic N) is 2. The molecule has 3 rings (SSSR count). The molecule has 2 bridgehead atoms. The molecule has 2 saturated heterocycles. The van der Waals surface area contributed by atoms with E-state index in [4.69, 9.17) is 0 Å². The summed E-state index contributed by atoms with van der Waals surface area (Å²) < 4.78 is 1.75. The largest absolute Gasteiger partial charge is 0.347 e. The lowest BCUT2D eigenvalue weighted by atomic mass is 10.00. The molecule has 3 heterocycles. The number of hydrogen-bond acceptors (Lipinski definition) is 3. The highest BCUT2D eigenvalue weighted by Crippen LogP contribution is 2.26. The summed E-state index contributed by atoms with van der Waals surface area (Å²) in [5, 5.41) is 6.67. The number of imidazole rings is 1. The van der Waals surface area contributed by atoms with Crippen LogP contribution >= 0.6 is 0 Å². The normalized spacial score (nSPS) is 31.5. The van der Waals surface area contributed by atoms with E-state index in [0.717, 1.165) is 12.8 Å². The number of hydrogen-bond donors (Lipinski definition) is 2. The molecule has 5 heteroatoms. The van der Waals surface area contributed by atoms with Crippen molar-refractivity contribution >= 4 is 5.91 Å². The first-order valence-electron chi connectivity index (χ1n) is 6.26. The number of aromatic nitrogens is 2. The van der Waals surface area contributed by atoms with Gasteiger partial charge in [-0.15, -0.1) is 0 Å². The van der Waals surface area contributed by atoms with Crippen molar-refractivity contribution in [3.63, 3.8) is 0 Å². The van der Waals surface area contributed by atoms with Crippen molar-refractivity contribution in [3.05, 3.63) is 18.2 Å². The molecule has 2 N–H and O–H groups in total. The van der Waals surface area contributed by atoms with Gasteiger partial charge in [0, 0.05) is 37.6 Å². The summed E-state index contributed by atoms with van der Waals surface area (Å²) in [6.45, 7) is 0. The van der Waals surface area contributed by atoms with Gasteiger partial charge in [-0.1, -0.05) is 0 Å². The predicted molar refractivity (Wildman–Crippen MR) is 63.6 cm³/mol. The van der Waals surface area contributed by atoms with Crippen LogP contribution in [0.2, 0.25) is 0 Å². The van der Waals surface area contributed by atoms with Crippen molar-refractivity contribution in [2.75, 3.05) is 0 Å². The molecule has 5 nitrogen and oxygen atoms in total. The first-order chi connectivity index (χ1) is 8.22. The second-order valence-corrected chi connectivity index (χ2v) is 5.14. The smallest absolute Gasteiger partial charge is 0.287 e. The van der Waals surface area contributed by atoms with Crippen molar-refractivity contribution in [2.24, 2.45) is 7.05 Å². The van der Waals surface area contributed by atoms with E-state index in [1.807, 2.05) is 7.05 Å². The molecule has 0 aliphatic carbocycles. The summed E-state index contributed by atoms with van der Waals surface area (Å²) >= 11 is 0. The summed E-state index contributed by atoms with van der Waals surface area (Å²) in [7, 11) is 1.84. The fraction of sp³-hybridized carbons (Fsp3) is 0.667. The molecule has 0 spiro atoms. The molecular weight excluding hydrogens is 216 g/mol. The quantitative estimate of drug-likeness (QED) is 0.780. The fourth-order valence-corrected chi connectivity index (χ4v) is 3.01. The maximum Gasteiger partial charge on any atom is 0.287 e. The van der Waals surface area contributed by atoms with Crippen molar-refractivity contribution in [1.82, 2.24) is 20.2 Å². The van der Waals surface area contributed by atoms with Gasteiger partial charge in [0.15, 0.2) is 5.82 Å². The van der Waals surface area contributed by atoms with Gasteiger partial charge in [-0.3, -0.25) is 4.79 Å². The monoisotopic (exact) mass is 234 g/mol. The van der Waals surface area contributed by atoms with Crippen LogP contribution in [0.15, 0.2) is 12.4 Å². The number of nitrogens with one attached hydrogen (secondary N) is 2. The highest BCUT2D eigenvalue weighted by Gasteiger charge is 2.34. The Morgan fingerprint density at radius 2 is 2.18 bits per heavy atom. The number of aryl methyl sites for hydroxylation is 1. The van der Waals surface area contributed by atoms with Gasteiger partial charge in [0.25, 0.3) is 5.91 Å². The molecule has 1 aromatic rings. The molecule has 1 aromatic heterocycles. The van der Waals surface area contributed by atoms with E-state index in [-0.39, 0.29) is 5.91 Å². The molecule has 17 heavy (non-hydrogen) atoms. The average Bonchev–Trinajstić information content (AvgIpc) is 2.85. The lowest BCUT2D eigenvalue weighted by molar-refractivity contribution is 0.0910. The molecule has 0 aromatic carbocycles. The Hall–Kier alpha value is -1.36. The van der Waals surface area contributed by atoms with Crippen LogP contribution in [-0.2, 0) is 7.05 Å². The average molecular weight is 234 g/mol. The van der Waals surface area contributed by atoms with E-state index in [2.05, 4.69) is 15.6 Å². The highest BCUT2D eigenvalue weighted by atomic mass is 16.2. The lowest BCUT2D eigenvalue weighted by Crippen LogP contribution is -2.48. The minimum absolute atomic E-state index is 0.0520. The molecule has 0 saturated carbocycles. The number of amides is 1. The van der Waals surface area contributed by atoms with Crippen molar-refractivity contribution in [2.45, 2.75) is 43.8 Å². The third-order valence-corrected chi connectivity index (χ3v) is 3.83. The Balaban J connectivity index is 1.64. The van der Waals surface area contributed by atoms with E-state index in [9.17, 15) is 4.79 Å². The Morgan fingerprint density at radius 3 is 2.76 bits per heavy atom. The van der Waals surface area contributed by atoms with Gasteiger partial charge in [0.1, 0.15) is 0 Å². The van der Waals surface area contributed by atoms with Gasteiger partial charge in [-0.05, 0) is 25.7 Å². The molecule has 1 amide bonds. The number of carbonyl (C=O) groups is 1. The maximum atomic E-state index is 12.0. The van der Waals surface area contributed by atoms with E-state index in [1.54, 1.807) is 17.0 Å². The number of fused-ring (bicyclic) bond motifs is 2. The third-order valence-electron chi connectivity index (χ3n) is 3.83. The number of rotatable bonds is 2. The van der Waals surface area contributed by atoms with Crippen LogP contribution in [0.1, 0.15) is 36.3 Å². The molecule has 2 unspecified atom stereocenters. The molecule has 2 aliphatic heterocycles. The van der Waals surface area contributed by atoms with Gasteiger partial charge in [-0.2, -0.15) is 0 Å². The summed E-state index contributed by atoms with van der Waals surface area (Å²) in [5.74, 6) is 0.444. The Bertz CT molecular complexity index is 416. The third kappa shape index (κ3) is 2.07. The van der Waals surface area contributed by atoms with Gasteiger partial charge in [0.05, 0.1) is 0 Å². The topological polar surface area (TPSA) is 59.0 Å². The molecule has 2 atom stereocenters. The van der Waals surface area contributed by atoms with Crippen LogP contribution in [0, 0.1) is 0 Å². The van der Waals surface area contributed by atoms with Crippen LogP contribution in [-0.4, -0.2) is 33.6 Å². The van der Waals surface area contributed by atoms with Crippen LogP contribution in [0.25, 0.3) is 0 Å². The molecular formula is C12H18N4O. The van der Waals surface area contributed by atoms with E-state index in [1.165, 1.54) is 12.8 Å². The Kier molecular flexibility index (Phi) is 2.63. The van der Waals surface area contributed by atoms with Gasteiger partial charge in [-0.25, -0.2) is 4.98 Å². The van der Waals surface area contributed by atoms with E-state index >= 15 is 0 Å². The minimum Gasteiger partial charge on any atom is -0.347 e. The summed E-state index contributed by atoms with van der Waals surface area (Å²) in [4.78, 5) is 16.1. The SMILES string of the molecule is Cn1ccnc1C(=O)NC1CC2CCC(C1)N2. The Labute approximate surface area is 101 Å². The van der Waals surface area contributed by atoms with Gasteiger partial charge < -0.3 is 15.2 Å². The highest BCUT2D eigenvalue weighted by molar-refractivity contribution is 5.90. The second kappa shape index (κ2) is 4.14. The summed E-state index contributed by atoms with van der Waals surface area (Å²) in [6.07, 6.45) is 8.04. The summed E-state index contributed by atoms with van der Waals surface area (Å²) in [6, 6.07) is 1.50. The number of carbonyl (C=O) groups excluding carboxylic acids is 1. The van der Waals surface area contributed by atoms with Crippen molar-refractivity contribution in [1.29, 1.82) is 0 Å². The first kappa shape index (κ1) is 10.8. The second-order valence-electron chi connectivity index (χ2n) is 5.14. The first-order valence-corrected chi connectivity index (χ1v) is 6.26. The Morgan fingerprint density at radius 1 is 1.47 bits per heavy atom. The lowest BCUT2D eigenvalue weighted by Gasteiger charge is -2.29. The predicted octanol–water partition coefficient (Wildman–Crippen LogP) is 0.433. The molecule has 0 radical (unpaired) electrons. The standard InChI is InChI=1S/C12H18N4O/c1-16-5-4-13-11(16)12(17)15-10-6-8-2-3-9(7-10)14-8/h4-5,8-10,14H,2-3,6-7H2,1H3,(H,15,17). The van der Waals surface area contributed by atoms with Crippen molar-refractivity contribution in [3.8, 4) is 0 Å². The van der Waals surface area contributed by atoms with Crippen LogP contribution < -0.4 is 10.6 Å². The van der Waals surface area contributed by atoms with E-state index in [0.29, 0.717) is 23.9 Å². The minimum atomic E-state index is -0.0520. The maximum absolute atomic E-state index is 12.0. The van der Waals surface area contributed by atoms with Crippen LogP contribution in [0.3, 0.4) is 0 Å². The van der Waals surface area contributed by atoms with Gasteiger partial charge in [0.2, 0.25) is 0 Å². The van der Waals surface area contributed by atoms with Gasteiger partial charge >= 0.3 is 0 Å².